The van der Waals surface area contributed by atoms with E-state index in [1.54, 1.807) is 12.1 Å². The summed E-state index contributed by atoms with van der Waals surface area (Å²) in [5.41, 5.74) is 1.12. The smallest absolute Gasteiger partial charge is 0.406 e. The molecule has 24 heavy (non-hydrogen) atoms. The summed E-state index contributed by atoms with van der Waals surface area (Å²) in [6.45, 7) is 0. The van der Waals surface area contributed by atoms with Crippen molar-refractivity contribution >= 4 is 29.1 Å². The quantitative estimate of drug-likeness (QED) is 0.824. The zero-order valence-electron chi connectivity index (χ0n) is 12.5. The van der Waals surface area contributed by atoms with Crippen molar-refractivity contribution in [2.45, 2.75) is 12.2 Å². The van der Waals surface area contributed by atoms with Gasteiger partial charge in [0.15, 0.2) is 0 Å². The molecule has 0 unspecified atom stereocenters. The molecule has 5 nitrogen and oxygen atoms in total. The number of urea groups is 1. The molecule has 0 saturated carbocycles. The molecule has 2 aromatic rings. The van der Waals surface area contributed by atoms with E-state index in [0.717, 1.165) is 17.7 Å². The fourth-order valence-corrected chi connectivity index (χ4v) is 1.94. The molecule has 0 saturated heterocycles. The Morgan fingerprint density at radius 2 is 1.96 bits per heavy atom. The van der Waals surface area contributed by atoms with Gasteiger partial charge in [-0.3, -0.25) is 4.90 Å². The number of hydrogen-bond donors (Lipinski definition) is 1. The summed E-state index contributed by atoms with van der Waals surface area (Å²) >= 11 is 5.73. The van der Waals surface area contributed by atoms with Crippen LogP contribution in [0.2, 0.25) is 0 Å². The first-order valence-corrected chi connectivity index (χ1v) is 7.23. The van der Waals surface area contributed by atoms with Crippen molar-refractivity contribution < 1.29 is 22.7 Å². The van der Waals surface area contributed by atoms with Crippen molar-refractivity contribution in [2.75, 3.05) is 17.3 Å². The van der Waals surface area contributed by atoms with Crippen LogP contribution in [0.3, 0.4) is 0 Å². The van der Waals surface area contributed by atoms with Gasteiger partial charge in [0.1, 0.15) is 11.6 Å². The van der Waals surface area contributed by atoms with Gasteiger partial charge >= 0.3 is 12.4 Å². The summed E-state index contributed by atoms with van der Waals surface area (Å²) in [6, 6.07) is 7.70. The van der Waals surface area contributed by atoms with E-state index >= 15 is 0 Å². The predicted molar refractivity (Wildman–Crippen MR) is 84.3 cm³/mol. The third-order valence-corrected chi connectivity index (χ3v) is 3.26. The Hall–Kier alpha value is -2.48. The van der Waals surface area contributed by atoms with Gasteiger partial charge in [-0.05, 0) is 42.0 Å². The Labute approximate surface area is 141 Å². The number of amides is 2. The van der Waals surface area contributed by atoms with Gasteiger partial charge in [-0.25, -0.2) is 9.78 Å². The third-order valence-electron chi connectivity index (χ3n) is 2.95. The standard InChI is InChI=1S/C15H13ClF3N3O2/c1-22(13-8-10(9-16)6-7-20-13)14(23)21-11-2-4-12(5-3-11)24-15(17,18)19/h2-8H,9H2,1H3,(H,21,23). The Morgan fingerprint density at radius 1 is 1.29 bits per heavy atom. The lowest BCUT2D eigenvalue weighted by molar-refractivity contribution is -0.274. The molecule has 0 aliphatic carbocycles. The van der Waals surface area contributed by atoms with E-state index in [9.17, 15) is 18.0 Å². The molecule has 0 bridgehead atoms. The summed E-state index contributed by atoms with van der Waals surface area (Å²) in [6.07, 6.45) is -3.23. The average Bonchev–Trinajstić information content (AvgIpc) is 2.54. The molecule has 0 fully saturated rings. The number of ether oxygens (including phenoxy) is 1. The molecular weight excluding hydrogens is 347 g/mol. The van der Waals surface area contributed by atoms with Gasteiger partial charge in [-0.2, -0.15) is 0 Å². The Balaban J connectivity index is 2.03. The number of anilines is 2. The molecular formula is C15H13ClF3N3O2. The highest BCUT2D eigenvalue weighted by atomic mass is 35.5. The summed E-state index contributed by atoms with van der Waals surface area (Å²) in [5, 5.41) is 2.54. The summed E-state index contributed by atoms with van der Waals surface area (Å²) in [4.78, 5) is 17.5. The number of aromatic nitrogens is 1. The monoisotopic (exact) mass is 359 g/mol. The van der Waals surface area contributed by atoms with Crippen LogP contribution in [0.25, 0.3) is 0 Å². The van der Waals surface area contributed by atoms with Crippen molar-refractivity contribution in [2.24, 2.45) is 0 Å². The number of nitrogens with zero attached hydrogens (tertiary/aromatic N) is 2. The number of hydrogen-bond acceptors (Lipinski definition) is 3. The fraction of sp³-hybridized carbons (Fsp3) is 0.200. The van der Waals surface area contributed by atoms with Crippen LogP contribution in [-0.4, -0.2) is 24.4 Å². The van der Waals surface area contributed by atoms with Crippen LogP contribution in [0.15, 0.2) is 42.6 Å². The first-order valence-electron chi connectivity index (χ1n) is 6.70. The first-order chi connectivity index (χ1) is 11.3. The van der Waals surface area contributed by atoms with E-state index in [1.807, 2.05) is 0 Å². The molecule has 2 rings (SSSR count). The minimum absolute atomic E-state index is 0.283. The first kappa shape index (κ1) is 17.9. The van der Waals surface area contributed by atoms with Crippen LogP contribution >= 0.6 is 11.6 Å². The lowest BCUT2D eigenvalue weighted by Crippen LogP contribution is -2.31. The largest absolute Gasteiger partial charge is 0.573 e. The number of carbonyl (C=O) groups excluding carboxylic acids is 1. The average molecular weight is 360 g/mol. The normalized spacial score (nSPS) is 11.0. The summed E-state index contributed by atoms with van der Waals surface area (Å²) in [5.74, 6) is 0.305. The molecule has 0 atom stereocenters. The van der Waals surface area contributed by atoms with Crippen molar-refractivity contribution in [1.82, 2.24) is 4.98 Å². The van der Waals surface area contributed by atoms with Crippen LogP contribution in [0.1, 0.15) is 5.56 Å². The van der Waals surface area contributed by atoms with Gasteiger partial charge in [0.2, 0.25) is 0 Å². The molecule has 128 valence electrons. The van der Waals surface area contributed by atoms with Crippen LogP contribution in [0, 0.1) is 0 Å². The molecule has 1 aromatic heterocycles. The van der Waals surface area contributed by atoms with Crippen molar-refractivity contribution in [3.63, 3.8) is 0 Å². The number of halogens is 4. The number of benzene rings is 1. The van der Waals surface area contributed by atoms with E-state index in [4.69, 9.17) is 11.6 Å². The van der Waals surface area contributed by atoms with Gasteiger partial charge in [0, 0.05) is 24.8 Å². The van der Waals surface area contributed by atoms with E-state index in [-0.39, 0.29) is 11.6 Å². The highest BCUT2D eigenvalue weighted by Gasteiger charge is 2.31. The zero-order valence-corrected chi connectivity index (χ0v) is 13.2. The number of pyridine rings is 1. The topological polar surface area (TPSA) is 54.5 Å². The minimum Gasteiger partial charge on any atom is -0.406 e. The Kier molecular flexibility index (Phi) is 5.50. The van der Waals surface area contributed by atoms with Crippen molar-refractivity contribution in [3.8, 4) is 5.75 Å². The maximum absolute atomic E-state index is 12.2. The van der Waals surface area contributed by atoms with Gasteiger partial charge in [0.05, 0.1) is 0 Å². The number of alkyl halides is 4. The van der Waals surface area contributed by atoms with Gasteiger partial charge < -0.3 is 10.1 Å². The van der Waals surface area contributed by atoms with Crippen LogP contribution in [0.5, 0.6) is 5.75 Å². The summed E-state index contributed by atoms with van der Waals surface area (Å²) < 4.78 is 40.0. The number of carbonyl (C=O) groups is 1. The molecule has 1 N–H and O–H groups in total. The maximum atomic E-state index is 12.2. The second-order valence-corrected chi connectivity index (χ2v) is 4.98. The molecule has 2 amide bonds. The zero-order chi connectivity index (χ0) is 17.7. The SMILES string of the molecule is CN(C(=O)Nc1ccc(OC(F)(F)F)cc1)c1cc(CCl)ccn1. The van der Waals surface area contributed by atoms with Crippen LogP contribution in [-0.2, 0) is 5.88 Å². The second kappa shape index (κ2) is 7.39. The van der Waals surface area contributed by atoms with Gasteiger partial charge in [-0.15, -0.1) is 24.8 Å². The molecule has 1 heterocycles. The Bertz CT molecular complexity index is 708. The van der Waals surface area contributed by atoms with E-state index in [2.05, 4.69) is 15.0 Å². The molecule has 0 radical (unpaired) electrons. The molecule has 0 spiro atoms. The third kappa shape index (κ3) is 5.02. The van der Waals surface area contributed by atoms with Gasteiger partial charge in [-0.1, -0.05) is 0 Å². The van der Waals surface area contributed by atoms with E-state index in [0.29, 0.717) is 11.5 Å². The lowest BCUT2D eigenvalue weighted by atomic mass is 10.3. The highest BCUT2D eigenvalue weighted by molar-refractivity contribution is 6.17. The second-order valence-electron chi connectivity index (χ2n) is 4.72. The van der Waals surface area contributed by atoms with Gasteiger partial charge in [0.25, 0.3) is 0 Å². The molecule has 1 aromatic carbocycles. The number of nitrogens with one attached hydrogen (secondary N) is 1. The van der Waals surface area contributed by atoms with Crippen LogP contribution in [0.4, 0.5) is 29.5 Å². The van der Waals surface area contributed by atoms with Crippen LogP contribution < -0.4 is 15.0 Å². The van der Waals surface area contributed by atoms with Crippen molar-refractivity contribution in [1.29, 1.82) is 0 Å². The van der Waals surface area contributed by atoms with Crippen molar-refractivity contribution in [3.05, 3.63) is 48.2 Å². The highest BCUT2D eigenvalue weighted by Crippen LogP contribution is 2.24. The summed E-state index contributed by atoms with van der Waals surface area (Å²) in [7, 11) is 1.51. The minimum atomic E-state index is -4.76. The molecule has 0 aliphatic heterocycles. The number of rotatable bonds is 4. The fourth-order valence-electron chi connectivity index (χ4n) is 1.78. The maximum Gasteiger partial charge on any atom is 0.573 e. The lowest BCUT2D eigenvalue weighted by Gasteiger charge is -2.17. The van der Waals surface area contributed by atoms with E-state index < -0.39 is 12.4 Å². The molecule has 0 aliphatic rings. The van der Waals surface area contributed by atoms with E-state index in [1.165, 1.54) is 30.3 Å². The predicted octanol–water partition coefficient (Wildman–Crippen LogP) is 4.39. The Morgan fingerprint density at radius 3 is 2.54 bits per heavy atom. The molecule has 9 heteroatoms.